The maximum Gasteiger partial charge on any atom is 0.314 e. The highest BCUT2D eigenvalue weighted by Crippen LogP contribution is 2.19. The molecule has 1 atom stereocenters. The minimum absolute atomic E-state index is 0.126. The van der Waals surface area contributed by atoms with Crippen molar-refractivity contribution >= 4 is 17.5 Å². The predicted octanol–water partition coefficient (Wildman–Crippen LogP) is 2.50. The first kappa shape index (κ1) is 16.3. The first-order valence-electron chi connectivity index (χ1n) is 6.69. The Morgan fingerprint density at radius 3 is 2.57 bits per heavy atom. The molecule has 0 bridgehead atoms. The number of aromatic nitrogens is 1. The molecule has 0 fully saturated rings. The van der Waals surface area contributed by atoms with Crippen LogP contribution < -0.4 is 5.32 Å². The lowest BCUT2D eigenvalue weighted by Crippen LogP contribution is -2.22. The van der Waals surface area contributed by atoms with Crippen molar-refractivity contribution < 1.29 is 18.8 Å². The second kappa shape index (κ2) is 7.30. The van der Waals surface area contributed by atoms with Crippen molar-refractivity contribution in [1.29, 1.82) is 0 Å². The SMILES string of the molecule is COC(=O)C(CNc1ccc([N+](=O)[O-])cn1)c1ccc(F)cc1. The molecule has 1 aromatic heterocycles. The maximum atomic E-state index is 13.0. The number of nitrogens with one attached hydrogen (secondary N) is 1. The van der Waals surface area contributed by atoms with Gasteiger partial charge in [-0.05, 0) is 23.8 Å². The third kappa shape index (κ3) is 4.22. The molecule has 1 heterocycles. The summed E-state index contributed by atoms with van der Waals surface area (Å²) < 4.78 is 17.7. The number of methoxy groups -OCH3 is 1. The van der Waals surface area contributed by atoms with Crippen molar-refractivity contribution in [3.8, 4) is 0 Å². The Morgan fingerprint density at radius 1 is 1.35 bits per heavy atom. The number of rotatable bonds is 6. The Labute approximate surface area is 131 Å². The first-order chi connectivity index (χ1) is 11.0. The van der Waals surface area contributed by atoms with E-state index in [4.69, 9.17) is 4.74 Å². The molecule has 0 spiro atoms. The molecule has 120 valence electrons. The molecule has 2 rings (SSSR count). The summed E-state index contributed by atoms with van der Waals surface area (Å²) in [4.78, 5) is 25.8. The Hall–Kier alpha value is -3.03. The van der Waals surface area contributed by atoms with Crippen LogP contribution in [0.25, 0.3) is 0 Å². The molecule has 1 unspecified atom stereocenters. The number of carbonyl (C=O) groups excluding carboxylic acids is 1. The number of hydrogen-bond donors (Lipinski definition) is 1. The number of nitrogens with zero attached hydrogens (tertiary/aromatic N) is 2. The largest absolute Gasteiger partial charge is 0.468 e. The molecule has 1 N–H and O–H groups in total. The summed E-state index contributed by atoms with van der Waals surface area (Å²) in [7, 11) is 1.27. The van der Waals surface area contributed by atoms with E-state index in [-0.39, 0.29) is 12.2 Å². The van der Waals surface area contributed by atoms with Crippen molar-refractivity contribution in [2.24, 2.45) is 0 Å². The highest BCUT2D eigenvalue weighted by Gasteiger charge is 2.21. The Morgan fingerprint density at radius 2 is 2.04 bits per heavy atom. The van der Waals surface area contributed by atoms with Crippen molar-refractivity contribution in [1.82, 2.24) is 4.98 Å². The van der Waals surface area contributed by atoms with E-state index in [9.17, 15) is 19.3 Å². The lowest BCUT2D eigenvalue weighted by atomic mass is 9.99. The van der Waals surface area contributed by atoms with Crippen LogP contribution in [0.3, 0.4) is 0 Å². The Bertz CT molecular complexity index is 689. The van der Waals surface area contributed by atoms with Crippen LogP contribution in [0, 0.1) is 15.9 Å². The third-order valence-electron chi connectivity index (χ3n) is 3.20. The highest BCUT2D eigenvalue weighted by atomic mass is 19.1. The standard InChI is InChI=1S/C15H14FN3O4/c1-23-15(20)13(10-2-4-11(16)5-3-10)9-18-14-7-6-12(8-17-14)19(21)22/h2-8,13H,9H2,1H3,(H,17,18). The fourth-order valence-electron chi connectivity index (χ4n) is 1.98. The number of esters is 1. The van der Waals surface area contributed by atoms with Crippen LogP contribution in [0.4, 0.5) is 15.9 Å². The topological polar surface area (TPSA) is 94.4 Å². The second-order valence-corrected chi connectivity index (χ2v) is 4.67. The van der Waals surface area contributed by atoms with Gasteiger partial charge in [-0.3, -0.25) is 14.9 Å². The number of anilines is 1. The number of pyridine rings is 1. The Kier molecular flexibility index (Phi) is 5.19. The molecule has 0 aliphatic carbocycles. The van der Waals surface area contributed by atoms with Gasteiger partial charge in [0.25, 0.3) is 5.69 Å². The van der Waals surface area contributed by atoms with E-state index in [1.54, 1.807) is 0 Å². The molecular weight excluding hydrogens is 305 g/mol. The molecule has 2 aromatic rings. The zero-order valence-corrected chi connectivity index (χ0v) is 12.2. The zero-order valence-electron chi connectivity index (χ0n) is 12.2. The maximum absolute atomic E-state index is 13.0. The van der Waals surface area contributed by atoms with Gasteiger partial charge in [0.2, 0.25) is 0 Å². The van der Waals surface area contributed by atoms with E-state index < -0.39 is 22.6 Å². The minimum Gasteiger partial charge on any atom is -0.468 e. The monoisotopic (exact) mass is 319 g/mol. The number of carbonyl (C=O) groups is 1. The van der Waals surface area contributed by atoms with Gasteiger partial charge < -0.3 is 10.1 Å². The van der Waals surface area contributed by atoms with Gasteiger partial charge in [-0.25, -0.2) is 9.37 Å². The van der Waals surface area contributed by atoms with E-state index in [0.717, 1.165) is 6.20 Å². The fourth-order valence-corrected chi connectivity index (χ4v) is 1.98. The van der Waals surface area contributed by atoms with E-state index in [0.29, 0.717) is 11.4 Å². The number of nitro groups is 1. The normalized spacial score (nSPS) is 11.6. The molecule has 0 saturated heterocycles. The summed E-state index contributed by atoms with van der Waals surface area (Å²) in [5.74, 6) is -1.16. The van der Waals surface area contributed by atoms with Crippen LogP contribution in [0.5, 0.6) is 0 Å². The van der Waals surface area contributed by atoms with Crippen LogP contribution >= 0.6 is 0 Å². The van der Waals surface area contributed by atoms with Crippen LogP contribution in [-0.4, -0.2) is 29.5 Å². The average Bonchev–Trinajstić information content (AvgIpc) is 2.56. The van der Waals surface area contributed by atoms with Gasteiger partial charge in [-0.1, -0.05) is 12.1 Å². The molecule has 0 saturated carbocycles. The minimum atomic E-state index is -0.655. The average molecular weight is 319 g/mol. The number of hydrogen-bond acceptors (Lipinski definition) is 6. The van der Waals surface area contributed by atoms with Crippen LogP contribution in [0.2, 0.25) is 0 Å². The zero-order chi connectivity index (χ0) is 16.8. The summed E-state index contributed by atoms with van der Waals surface area (Å²) in [5.41, 5.74) is 0.464. The first-order valence-corrected chi connectivity index (χ1v) is 6.69. The molecular formula is C15H14FN3O4. The number of ether oxygens (including phenoxy) is 1. The summed E-state index contributed by atoms with van der Waals surface area (Å²) >= 11 is 0. The third-order valence-corrected chi connectivity index (χ3v) is 3.20. The predicted molar refractivity (Wildman–Crippen MR) is 80.5 cm³/mol. The molecule has 23 heavy (non-hydrogen) atoms. The van der Waals surface area contributed by atoms with E-state index in [1.807, 2.05) is 0 Å². The molecule has 0 amide bonds. The van der Waals surface area contributed by atoms with E-state index in [1.165, 1.54) is 43.5 Å². The van der Waals surface area contributed by atoms with Gasteiger partial charge in [-0.2, -0.15) is 0 Å². The van der Waals surface area contributed by atoms with Crippen molar-refractivity contribution in [2.45, 2.75) is 5.92 Å². The summed E-state index contributed by atoms with van der Waals surface area (Å²) in [6, 6.07) is 8.27. The van der Waals surface area contributed by atoms with Crippen molar-refractivity contribution in [3.63, 3.8) is 0 Å². The number of halogens is 1. The second-order valence-electron chi connectivity index (χ2n) is 4.67. The van der Waals surface area contributed by atoms with Gasteiger partial charge in [0.15, 0.2) is 0 Å². The van der Waals surface area contributed by atoms with Gasteiger partial charge >= 0.3 is 5.97 Å². The van der Waals surface area contributed by atoms with E-state index >= 15 is 0 Å². The van der Waals surface area contributed by atoms with Gasteiger partial charge in [-0.15, -0.1) is 0 Å². The molecule has 8 heteroatoms. The van der Waals surface area contributed by atoms with Crippen LogP contribution in [0.1, 0.15) is 11.5 Å². The number of benzene rings is 1. The quantitative estimate of drug-likeness (QED) is 0.499. The highest BCUT2D eigenvalue weighted by molar-refractivity contribution is 5.78. The lowest BCUT2D eigenvalue weighted by Gasteiger charge is -2.16. The van der Waals surface area contributed by atoms with Crippen LogP contribution in [-0.2, 0) is 9.53 Å². The molecule has 0 aliphatic heterocycles. The lowest BCUT2D eigenvalue weighted by molar-refractivity contribution is -0.385. The Balaban J connectivity index is 2.10. The van der Waals surface area contributed by atoms with Crippen molar-refractivity contribution in [3.05, 3.63) is 64.1 Å². The van der Waals surface area contributed by atoms with Crippen molar-refractivity contribution in [2.75, 3.05) is 19.0 Å². The smallest absolute Gasteiger partial charge is 0.314 e. The molecule has 0 aliphatic rings. The van der Waals surface area contributed by atoms with Gasteiger partial charge in [0.1, 0.15) is 17.8 Å². The van der Waals surface area contributed by atoms with Gasteiger partial charge in [0.05, 0.1) is 18.0 Å². The van der Waals surface area contributed by atoms with E-state index in [2.05, 4.69) is 10.3 Å². The van der Waals surface area contributed by atoms with Crippen LogP contribution in [0.15, 0.2) is 42.6 Å². The van der Waals surface area contributed by atoms with Gasteiger partial charge in [0, 0.05) is 12.6 Å². The fraction of sp³-hybridized carbons (Fsp3) is 0.200. The molecule has 7 nitrogen and oxygen atoms in total. The molecule has 0 radical (unpaired) electrons. The molecule has 1 aromatic carbocycles. The summed E-state index contributed by atoms with van der Waals surface area (Å²) in [6.07, 6.45) is 1.12. The summed E-state index contributed by atoms with van der Waals surface area (Å²) in [6.45, 7) is 0.156. The summed E-state index contributed by atoms with van der Waals surface area (Å²) in [5, 5.41) is 13.5.